The van der Waals surface area contributed by atoms with Gasteiger partial charge in [-0.3, -0.25) is 24.1 Å². The largest absolute Gasteiger partial charge is 0.337 e. The van der Waals surface area contributed by atoms with Gasteiger partial charge in [-0.2, -0.15) is 12.6 Å². The molecule has 0 aromatic carbocycles. The average Bonchev–Trinajstić information content (AvgIpc) is 2.97. The van der Waals surface area contributed by atoms with Crippen LogP contribution in [0, 0.1) is 0 Å². The van der Waals surface area contributed by atoms with Gasteiger partial charge in [0, 0.05) is 13.5 Å². The van der Waals surface area contributed by atoms with Crippen LogP contribution in [0.3, 0.4) is 0 Å². The molecule has 2 atom stereocenters. The van der Waals surface area contributed by atoms with Crippen LogP contribution < -0.4 is 5.32 Å². The first kappa shape index (κ1) is 31.7. The minimum Gasteiger partial charge on any atom is -0.337 e. The summed E-state index contributed by atoms with van der Waals surface area (Å²) < 4.78 is -0.875. The molecule has 190 valence electrons. The highest BCUT2D eigenvalue weighted by atomic mass is 32.2. The number of hydrogen-bond acceptors (Lipinski definition) is 7. The third-order valence-electron chi connectivity index (χ3n) is 6.39. The van der Waals surface area contributed by atoms with Gasteiger partial charge in [0.2, 0.25) is 17.7 Å². The number of nitrogens with one attached hydrogen (secondary N) is 1. The van der Waals surface area contributed by atoms with Gasteiger partial charge in [-0.1, -0.05) is 6.08 Å². The Hall–Kier alpha value is -1.32. The lowest BCUT2D eigenvalue weighted by molar-refractivity contribution is -0.156. The van der Waals surface area contributed by atoms with Gasteiger partial charge in [-0.15, -0.1) is 18.3 Å². The summed E-state index contributed by atoms with van der Waals surface area (Å²) >= 11 is 5.79. The fourth-order valence-corrected chi connectivity index (χ4v) is 4.86. The van der Waals surface area contributed by atoms with Crippen LogP contribution >= 0.6 is 24.4 Å². The molecule has 3 amide bonds. The lowest BCUT2D eigenvalue weighted by atomic mass is 9.79. The van der Waals surface area contributed by atoms with E-state index in [1.54, 1.807) is 38.9 Å². The van der Waals surface area contributed by atoms with Crippen molar-refractivity contribution in [3.05, 3.63) is 12.7 Å². The van der Waals surface area contributed by atoms with Crippen LogP contribution in [0.25, 0.3) is 0 Å². The van der Waals surface area contributed by atoms with Gasteiger partial charge in [0.1, 0.15) is 5.78 Å². The zero-order chi connectivity index (χ0) is 26.4. The van der Waals surface area contributed by atoms with E-state index in [9.17, 15) is 19.2 Å². The maximum atomic E-state index is 13.2. The van der Waals surface area contributed by atoms with Crippen molar-refractivity contribution >= 4 is 47.9 Å². The first-order chi connectivity index (χ1) is 14.9. The van der Waals surface area contributed by atoms with Crippen LogP contribution in [0.15, 0.2) is 12.7 Å². The molecule has 0 aromatic heterocycles. The number of rotatable bonds is 10. The van der Waals surface area contributed by atoms with Crippen molar-refractivity contribution < 1.29 is 19.2 Å². The maximum absolute atomic E-state index is 13.2. The van der Waals surface area contributed by atoms with Gasteiger partial charge in [-0.25, -0.2) is 0 Å². The second kappa shape index (κ2) is 12.4. The van der Waals surface area contributed by atoms with Gasteiger partial charge in [0.15, 0.2) is 0 Å². The average molecular weight is 502 g/mol. The molecule has 1 aliphatic rings. The highest BCUT2D eigenvalue weighted by Gasteiger charge is 2.55. The summed E-state index contributed by atoms with van der Waals surface area (Å²) in [4.78, 5) is 53.3. The standard InChI is InChI=1S/C21H37N3O4S2.C3H6/c1-13(25)14(22-8)10-11-30-15-12-16(26)24(17(15)27)21(6,7)20(4,5)23(9)18(28)19(2,3)29;1-3-2/h14-15,22,29H,10-12H2,1-9H3;3H,1H2,2H3. The number of carbonyl (C=O) groups excluding carboxylic acids is 4. The number of carbonyl (C=O) groups is 4. The highest BCUT2D eigenvalue weighted by Crippen LogP contribution is 2.39. The summed E-state index contributed by atoms with van der Waals surface area (Å²) in [6.45, 7) is 17.6. The number of likely N-dealkylation sites (N-methyl/N-ethyl adjacent to an activating group) is 2. The van der Waals surface area contributed by atoms with Crippen molar-refractivity contribution in [2.45, 2.75) is 95.3 Å². The third kappa shape index (κ3) is 7.59. The Bertz CT molecular complexity index is 744. The molecule has 1 heterocycles. The van der Waals surface area contributed by atoms with Gasteiger partial charge >= 0.3 is 0 Å². The van der Waals surface area contributed by atoms with Crippen molar-refractivity contribution in [2.24, 2.45) is 0 Å². The van der Waals surface area contributed by atoms with Gasteiger partial charge < -0.3 is 10.2 Å². The number of likely N-dealkylation sites (tertiary alicyclic amines) is 1. The molecule has 0 aromatic rings. The Morgan fingerprint density at radius 1 is 1.27 bits per heavy atom. The molecule has 0 radical (unpaired) electrons. The van der Waals surface area contributed by atoms with E-state index in [1.165, 1.54) is 23.6 Å². The normalized spacial score (nSPS) is 17.9. The highest BCUT2D eigenvalue weighted by molar-refractivity contribution is 8.00. The third-order valence-corrected chi connectivity index (χ3v) is 7.83. The molecule has 1 rings (SSSR count). The van der Waals surface area contributed by atoms with E-state index >= 15 is 0 Å². The molecule has 1 aliphatic heterocycles. The molecule has 1 saturated heterocycles. The minimum atomic E-state index is -0.924. The van der Waals surface area contributed by atoms with Crippen molar-refractivity contribution in [2.75, 3.05) is 19.8 Å². The van der Waals surface area contributed by atoms with Crippen LogP contribution in [0.2, 0.25) is 0 Å². The lowest BCUT2D eigenvalue weighted by Gasteiger charge is -2.52. The molecule has 0 saturated carbocycles. The molecule has 1 N–H and O–H groups in total. The summed E-state index contributed by atoms with van der Waals surface area (Å²) in [5.41, 5.74) is -1.74. The first-order valence-electron chi connectivity index (χ1n) is 11.2. The van der Waals surface area contributed by atoms with E-state index in [4.69, 9.17) is 0 Å². The summed E-state index contributed by atoms with van der Waals surface area (Å²) in [6.07, 6.45) is 2.47. The zero-order valence-electron chi connectivity index (χ0n) is 21.9. The summed E-state index contributed by atoms with van der Waals surface area (Å²) in [5, 5.41) is 2.49. The van der Waals surface area contributed by atoms with E-state index in [-0.39, 0.29) is 36.0 Å². The number of allylic oxidation sites excluding steroid dienone is 1. The Morgan fingerprint density at radius 3 is 2.15 bits per heavy atom. The summed E-state index contributed by atoms with van der Waals surface area (Å²) in [6, 6.07) is -0.250. The smallest absolute Gasteiger partial charge is 0.243 e. The molecule has 0 bridgehead atoms. The molecule has 33 heavy (non-hydrogen) atoms. The fraction of sp³-hybridized carbons (Fsp3) is 0.750. The van der Waals surface area contributed by atoms with Crippen molar-refractivity contribution in [3.8, 4) is 0 Å². The molecule has 0 spiro atoms. The predicted molar refractivity (Wildman–Crippen MR) is 141 cm³/mol. The lowest BCUT2D eigenvalue weighted by Crippen LogP contribution is -2.68. The maximum Gasteiger partial charge on any atom is 0.243 e. The Kier molecular flexibility index (Phi) is 11.9. The van der Waals surface area contributed by atoms with Gasteiger partial charge in [0.05, 0.1) is 27.1 Å². The molecule has 9 heteroatoms. The molecule has 7 nitrogen and oxygen atoms in total. The zero-order valence-corrected chi connectivity index (χ0v) is 23.7. The van der Waals surface area contributed by atoms with Crippen LogP contribution in [-0.4, -0.2) is 80.3 Å². The number of amides is 3. The number of Topliss-reactive ketones (excluding diaryl/α,β-unsaturated/α-hetero) is 1. The van der Waals surface area contributed by atoms with Crippen LogP contribution in [0.5, 0.6) is 0 Å². The Morgan fingerprint density at radius 2 is 1.76 bits per heavy atom. The molecule has 0 aliphatic carbocycles. The van der Waals surface area contributed by atoms with Crippen molar-refractivity contribution in [1.29, 1.82) is 0 Å². The minimum absolute atomic E-state index is 0.0521. The number of thioether (sulfide) groups is 1. The van der Waals surface area contributed by atoms with E-state index in [0.717, 1.165) is 0 Å². The number of imide groups is 1. The van der Waals surface area contributed by atoms with E-state index in [1.807, 2.05) is 34.6 Å². The van der Waals surface area contributed by atoms with Crippen LogP contribution in [0.4, 0.5) is 0 Å². The monoisotopic (exact) mass is 501 g/mol. The topological polar surface area (TPSA) is 86.8 Å². The number of hydrogen-bond donors (Lipinski definition) is 2. The first-order valence-corrected chi connectivity index (χ1v) is 12.6. The van der Waals surface area contributed by atoms with Crippen molar-refractivity contribution in [1.82, 2.24) is 15.1 Å². The molecule has 1 fully saturated rings. The molecular weight excluding hydrogens is 458 g/mol. The second-order valence-corrected chi connectivity index (χ2v) is 12.2. The van der Waals surface area contributed by atoms with Crippen molar-refractivity contribution in [3.63, 3.8) is 0 Å². The molecule has 2 unspecified atom stereocenters. The summed E-state index contributed by atoms with van der Waals surface area (Å²) in [7, 11) is 3.41. The Labute approximate surface area is 209 Å². The Balaban J connectivity index is 0.00000322. The van der Waals surface area contributed by atoms with Crippen LogP contribution in [-0.2, 0) is 19.2 Å². The summed E-state index contributed by atoms with van der Waals surface area (Å²) in [5.74, 6) is -0.0118. The van der Waals surface area contributed by atoms with Gasteiger partial charge in [-0.05, 0) is 74.6 Å². The van der Waals surface area contributed by atoms with E-state index < -0.39 is 21.1 Å². The fourth-order valence-electron chi connectivity index (χ4n) is 3.55. The second-order valence-electron chi connectivity index (χ2n) is 9.82. The number of ketones is 1. The SMILES string of the molecule is C=CC.CNC(CCSC1CC(=O)N(C(C)(C)C(C)(C)N(C)C(=O)C(C)(C)S)C1=O)C(C)=O. The van der Waals surface area contributed by atoms with E-state index in [2.05, 4.69) is 24.5 Å². The molecular formula is C24H43N3O4S2. The number of nitrogens with zero attached hydrogens (tertiary/aromatic N) is 2. The van der Waals surface area contributed by atoms with E-state index in [0.29, 0.717) is 12.2 Å². The van der Waals surface area contributed by atoms with Crippen LogP contribution in [0.1, 0.15) is 68.2 Å². The van der Waals surface area contributed by atoms with Gasteiger partial charge in [0.25, 0.3) is 0 Å². The predicted octanol–water partition coefficient (Wildman–Crippen LogP) is 3.33. The quantitative estimate of drug-likeness (QED) is 0.271. The number of thiol groups is 1.